The number of para-hydroxylation sites is 1. The van der Waals surface area contributed by atoms with Crippen molar-refractivity contribution in [1.82, 2.24) is 4.98 Å². The Morgan fingerprint density at radius 2 is 1.83 bits per heavy atom. The molecular formula is C18H17N3O2S. The van der Waals surface area contributed by atoms with Crippen LogP contribution in [0, 0.1) is 0 Å². The van der Waals surface area contributed by atoms with Crippen molar-refractivity contribution in [3.05, 3.63) is 59.1 Å². The first-order valence-electron chi connectivity index (χ1n) is 7.66. The van der Waals surface area contributed by atoms with Gasteiger partial charge in [-0.25, -0.2) is 4.98 Å². The third kappa shape index (κ3) is 3.97. The van der Waals surface area contributed by atoms with Crippen LogP contribution in [0.5, 0.6) is 0 Å². The van der Waals surface area contributed by atoms with E-state index in [0.717, 1.165) is 23.4 Å². The lowest BCUT2D eigenvalue weighted by molar-refractivity contribution is -0.116. The second-order valence-electron chi connectivity index (χ2n) is 5.42. The molecule has 0 atom stereocenters. The quantitative estimate of drug-likeness (QED) is 0.722. The minimum atomic E-state index is -0.483. The number of fused-ring (bicyclic) bond motifs is 1. The van der Waals surface area contributed by atoms with Crippen LogP contribution >= 0.6 is 11.3 Å². The summed E-state index contributed by atoms with van der Waals surface area (Å²) in [6, 6.07) is 14.6. The first-order chi connectivity index (χ1) is 11.6. The fourth-order valence-corrected chi connectivity index (χ4v) is 3.38. The second kappa shape index (κ2) is 7.23. The van der Waals surface area contributed by atoms with Gasteiger partial charge in [0.2, 0.25) is 11.8 Å². The summed E-state index contributed by atoms with van der Waals surface area (Å²) in [7, 11) is 0. The highest BCUT2D eigenvalue weighted by atomic mass is 32.1. The number of hydrogen-bond donors (Lipinski definition) is 2. The van der Waals surface area contributed by atoms with Crippen LogP contribution in [-0.2, 0) is 11.2 Å². The van der Waals surface area contributed by atoms with E-state index >= 15 is 0 Å². The molecule has 1 aromatic heterocycles. The molecule has 0 spiro atoms. The van der Waals surface area contributed by atoms with E-state index in [1.807, 2.05) is 18.2 Å². The van der Waals surface area contributed by atoms with Gasteiger partial charge in [-0.1, -0.05) is 12.1 Å². The zero-order chi connectivity index (χ0) is 16.9. The maximum absolute atomic E-state index is 12.0. The largest absolute Gasteiger partial charge is 0.366 e. The van der Waals surface area contributed by atoms with Gasteiger partial charge in [-0.2, -0.15) is 0 Å². The summed E-state index contributed by atoms with van der Waals surface area (Å²) in [6.07, 6.45) is 1.95. The van der Waals surface area contributed by atoms with E-state index < -0.39 is 5.91 Å². The maximum atomic E-state index is 12.0. The first kappa shape index (κ1) is 16.1. The van der Waals surface area contributed by atoms with E-state index in [0.29, 0.717) is 17.7 Å². The summed E-state index contributed by atoms with van der Waals surface area (Å²) >= 11 is 1.67. The smallest absolute Gasteiger partial charge is 0.248 e. The minimum Gasteiger partial charge on any atom is -0.366 e. The molecule has 0 fully saturated rings. The van der Waals surface area contributed by atoms with E-state index in [9.17, 15) is 9.59 Å². The molecule has 6 heteroatoms. The number of primary amides is 1. The van der Waals surface area contributed by atoms with Crippen molar-refractivity contribution in [3.63, 3.8) is 0 Å². The van der Waals surface area contributed by atoms with Crippen molar-refractivity contribution in [2.45, 2.75) is 19.3 Å². The van der Waals surface area contributed by atoms with Crippen LogP contribution < -0.4 is 11.1 Å². The number of rotatable bonds is 6. The molecule has 0 aliphatic heterocycles. The van der Waals surface area contributed by atoms with Crippen LogP contribution in [-0.4, -0.2) is 16.8 Å². The Morgan fingerprint density at radius 3 is 2.54 bits per heavy atom. The Morgan fingerprint density at radius 1 is 1.08 bits per heavy atom. The molecule has 0 saturated carbocycles. The number of aryl methyl sites for hydroxylation is 1. The molecule has 0 aliphatic carbocycles. The SMILES string of the molecule is NC(=O)c1ccc(NC(=O)CCCc2nc3ccccc3s2)cc1. The van der Waals surface area contributed by atoms with Gasteiger partial charge < -0.3 is 11.1 Å². The van der Waals surface area contributed by atoms with Crippen molar-refractivity contribution in [2.75, 3.05) is 5.32 Å². The van der Waals surface area contributed by atoms with Crippen LogP contribution in [0.2, 0.25) is 0 Å². The Hall–Kier alpha value is -2.73. The number of hydrogen-bond acceptors (Lipinski definition) is 4. The van der Waals surface area contributed by atoms with Crippen molar-refractivity contribution < 1.29 is 9.59 Å². The van der Waals surface area contributed by atoms with Crippen LogP contribution in [0.4, 0.5) is 5.69 Å². The lowest BCUT2D eigenvalue weighted by Crippen LogP contribution is -2.13. The highest BCUT2D eigenvalue weighted by Crippen LogP contribution is 2.22. The van der Waals surface area contributed by atoms with Gasteiger partial charge in [0.25, 0.3) is 0 Å². The first-order valence-corrected chi connectivity index (χ1v) is 8.47. The molecular weight excluding hydrogens is 322 g/mol. The lowest BCUT2D eigenvalue weighted by Gasteiger charge is -2.05. The lowest BCUT2D eigenvalue weighted by atomic mass is 10.2. The fraction of sp³-hybridized carbons (Fsp3) is 0.167. The zero-order valence-electron chi connectivity index (χ0n) is 13.0. The number of aromatic nitrogens is 1. The van der Waals surface area contributed by atoms with Crippen molar-refractivity contribution >= 4 is 39.1 Å². The third-order valence-electron chi connectivity index (χ3n) is 3.59. The number of anilines is 1. The predicted octanol–water partition coefficient (Wildman–Crippen LogP) is 3.36. The molecule has 3 rings (SSSR count). The Kier molecular flexibility index (Phi) is 4.86. The van der Waals surface area contributed by atoms with E-state index in [1.54, 1.807) is 35.6 Å². The number of nitrogens with two attached hydrogens (primary N) is 1. The maximum Gasteiger partial charge on any atom is 0.248 e. The van der Waals surface area contributed by atoms with Crippen LogP contribution in [0.1, 0.15) is 28.2 Å². The Bertz CT molecular complexity index is 838. The number of benzene rings is 2. The topological polar surface area (TPSA) is 85.1 Å². The molecule has 5 nitrogen and oxygen atoms in total. The van der Waals surface area contributed by atoms with E-state index in [-0.39, 0.29) is 5.91 Å². The van der Waals surface area contributed by atoms with Crippen molar-refractivity contribution in [1.29, 1.82) is 0 Å². The van der Waals surface area contributed by atoms with Gasteiger partial charge in [0, 0.05) is 17.7 Å². The van der Waals surface area contributed by atoms with E-state index in [4.69, 9.17) is 5.73 Å². The summed E-state index contributed by atoms with van der Waals surface area (Å²) in [5, 5.41) is 3.86. The van der Waals surface area contributed by atoms with Crippen molar-refractivity contribution in [2.24, 2.45) is 5.73 Å². The molecule has 0 aliphatic rings. The zero-order valence-corrected chi connectivity index (χ0v) is 13.8. The van der Waals surface area contributed by atoms with Gasteiger partial charge >= 0.3 is 0 Å². The molecule has 24 heavy (non-hydrogen) atoms. The molecule has 122 valence electrons. The van der Waals surface area contributed by atoms with Crippen LogP contribution in [0.15, 0.2) is 48.5 Å². The summed E-state index contributed by atoms with van der Waals surface area (Å²) < 4.78 is 1.17. The predicted molar refractivity (Wildman–Crippen MR) is 96.1 cm³/mol. The van der Waals surface area contributed by atoms with Gasteiger partial charge in [-0.05, 0) is 49.2 Å². The molecule has 0 saturated heterocycles. The average Bonchev–Trinajstić information content (AvgIpc) is 2.98. The highest BCUT2D eigenvalue weighted by Gasteiger charge is 2.07. The minimum absolute atomic E-state index is 0.0528. The van der Waals surface area contributed by atoms with Gasteiger partial charge in [0.1, 0.15) is 0 Å². The average molecular weight is 339 g/mol. The van der Waals surface area contributed by atoms with Crippen molar-refractivity contribution in [3.8, 4) is 0 Å². The fourth-order valence-electron chi connectivity index (χ4n) is 2.37. The van der Waals surface area contributed by atoms with Gasteiger partial charge in [-0.3, -0.25) is 9.59 Å². The van der Waals surface area contributed by atoms with Gasteiger partial charge in [-0.15, -0.1) is 11.3 Å². The van der Waals surface area contributed by atoms with E-state index in [2.05, 4.69) is 16.4 Å². The molecule has 1 heterocycles. The third-order valence-corrected chi connectivity index (χ3v) is 4.68. The monoisotopic (exact) mass is 339 g/mol. The Labute approximate surface area is 143 Å². The number of carbonyl (C=O) groups is 2. The molecule has 2 aromatic carbocycles. The van der Waals surface area contributed by atoms with Gasteiger partial charge in [0.05, 0.1) is 15.2 Å². The Balaban J connectivity index is 1.49. The molecule has 0 radical (unpaired) electrons. The van der Waals surface area contributed by atoms with Crippen LogP contribution in [0.25, 0.3) is 10.2 Å². The summed E-state index contributed by atoms with van der Waals surface area (Å²) in [4.78, 5) is 27.5. The summed E-state index contributed by atoms with van der Waals surface area (Å²) in [5.74, 6) is -0.536. The number of carbonyl (C=O) groups excluding carboxylic acids is 2. The summed E-state index contributed by atoms with van der Waals surface area (Å²) in [6.45, 7) is 0. The molecule has 3 aromatic rings. The second-order valence-corrected chi connectivity index (χ2v) is 6.53. The summed E-state index contributed by atoms with van der Waals surface area (Å²) in [5.41, 5.74) is 7.27. The molecule has 0 bridgehead atoms. The van der Waals surface area contributed by atoms with Gasteiger partial charge in [0.15, 0.2) is 0 Å². The van der Waals surface area contributed by atoms with E-state index in [1.165, 1.54) is 4.70 Å². The molecule has 0 unspecified atom stereocenters. The number of amides is 2. The highest BCUT2D eigenvalue weighted by molar-refractivity contribution is 7.18. The molecule has 2 amide bonds. The van der Waals surface area contributed by atoms with Crippen LogP contribution in [0.3, 0.4) is 0 Å². The molecule has 3 N–H and O–H groups in total. The standard InChI is InChI=1S/C18H17N3O2S/c19-18(23)12-8-10-13(11-9-12)20-16(22)6-3-7-17-21-14-4-1-2-5-15(14)24-17/h1-2,4-5,8-11H,3,6-7H2,(H2,19,23)(H,20,22). The number of nitrogens with zero attached hydrogens (tertiary/aromatic N) is 1. The number of thiazole rings is 1. The number of nitrogens with one attached hydrogen (secondary N) is 1. The normalized spacial score (nSPS) is 10.7.